The van der Waals surface area contributed by atoms with Crippen LogP contribution in [0.2, 0.25) is 0 Å². The Bertz CT molecular complexity index is 906. The average Bonchev–Trinajstić information content (AvgIpc) is 3.12. The summed E-state index contributed by atoms with van der Waals surface area (Å²) in [4.78, 5) is 17.6. The molecule has 2 heterocycles. The van der Waals surface area contributed by atoms with Gasteiger partial charge in [0.25, 0.3) is 5.19 Å². The molecule has 29 heavy (non-hydrogen) atoms. The fraction of sp³-hybridized carbons (Fsp3) is 0.333. The van der Waals surface area contributed by atoms with Gasteiger partial charge in [-0.2, -0.15) is 0 Å². The van der Waals surface area contributed by atoms with Crippen molar-refractivity contribution in [1.29, 1.82) is 0 Å². The molecule has 0 saturated carbocycles. The number of ether oxygens (including phenoxy) is 2. The summed E-state index contributed by atoms with van der Waals surface area (Å²) in [7, 11) is 0. The quantitative estimate of drug-likeness (QED) is 0.483. The number of hydrogen-bond donors (Lipinski definition) is 0. The molecule has 1 aliphatic heterocycles. The number of piperidine rings is 1. The largest absolute Gasteiger partial charge is 1.00 e. The molecule has 3 aromatic rings. The molecule has 0 N–H and O–H groups in total. The van der Waals surface area contributed by atoms with E-state index in [-0.39, 0.29) is 57.3 Å². The molecule has 6 nitrogen and oxygen atoms in total. The van der Waals surface area contributed by atoms with Crippen molar-refractivity contribution in [1.82, 2.24) is 9.88 Å². The monoisotopic (exact) mass is 436 g/mol. The SMILES string of the molecule is O=C([O-])C1CCN(CCOc2ccc(Oc3nc4ccccc4s3)cc2)CC1.[K+]. The molecule has 1 saturated heterocycles. The van der Waals surface area contributed by atoms with Crippen LogP contribution in [-0.4, -0.2) is 42.1 Å². The number of carboxylic acid groups (broad SMARTS) is 1. The zero-order valence-corrected chi connectivity index (χ0v) is 20.3. The molecule has 0 amide bonds. The van der Waals surface area contributed by atoms with Crippen LogP contribution in [0.5, 0.6) is 16.7 Å². The Morgan fingerprint density at radius 1 is 1.10 bits per heavy atom. The number of carbonyl (C=O) groups is 1. The first kappa shape index (κ1) is 22.7. The number of hydrogen-bond acceptors (Lipinski definition) is 7. The van der Waals surface area contributed by atoms with Gasteiger partial charge in [0.05, 0.1) is 10.2 Å². The van der Waals surface area contributed by atoms with Crippen LogP contribution in [0.4, 0.5) is 0 Å². The van der Waals surface area contributed by atoms with E-state index in [1.807, 2.05) is 48.5 Å². The van der Waals surface area contributed by atoms with E-state index in [0.717, 1.165) is 41.3 Å². The second-order valence-electron chi connectivity index (χ2n) is 6.80. The van der Waals surface area contributed by atoms with Crippen LogP contribution in [0, 0.1) is 5.92 Å². The number of likely N-dealkylation sites (tertiary alicyclic amines) is 1. The molecule has 2 aromatic carbocycles. The summed E-state index contributed by atoms with van der Waals surface area (Å²) < 4.78 is 12.7. The van der Waals surface area contributed by atoms with Crippen molar-refractivity contribution >= 4 is 27.5 Å². The topological polar surface area (TPSA) is 74.7 Å². The molecule has 146 valence electrons. The predicted molar refractivity (Wildman–Crippen MR) is 106 cm³/mol. The first-order chi connectivity index (χ1) is 13.7. The first-order valence-electron chi connectivity index (χ1n) is 9.37. The van der Waals surface area contributed by atoms with Crippen LogP contribution in [0.1, 0.15) is 12.8 Å². The van der Waals surface area contributed by atoms with Crippen LogP contribution in [-0.2, 0) is 4.79 Å². The third kappa shape index (κ3) is 6.24. The van der Waals surface area contributed by atoms with E-state index in [1.165, 1.54) is 11.3 Å². The number of carboxylic acids is 1. The molecule has 8 heteroatoms. The van der Waals surface area contributed by atoms with Crippen molar-refractivity contribution in [2.24, 2.45) is 5.92 Å². The number of aliphatic carboxylic acids is 1. The number of para-hydroxylation sites is 1. The summed E-state index contributed by atoms with van der Waals surface area (Å²) in [6, 6.07) is 15.4. The molecular weight excluding hydrogens is 415 g/mol. The maximum absolute atomic E-state index is 10.9. The fourth-order valence-corrected chi connectivity index (χ4v) is 4.12. The predicted octanol–water partition coefficient (Wildman–Crippen LogP) is -0.0667. The maximum atomic E-state index is 10.9. The Kier molecular flexibility index (Phi) is 8.49. The van der Waals surface area contributed by atoms with Gasteiger partial charge in [-0.05, 0) is 62.3 Å². The third-order valence-corrected chi connectivity index (χ3v) is 5.81. The van der Waals surface area contributed by atoms with Crippen molar-refractivity contribution < 1.29 is 70.8 Å². The van der Waals surface area contributed by atoms with Gasteiger partial charge in [0.1, 0.15) is 18.1 Å². The Morgan fingerprint density at radius 3 is 2.48 bits per heavy atom. The van der Waals surface area contributed by atoms with Gasteiger partial charge in [-0.1, -0.05) is 23.5 Å². The standard InChI is InChI=1S/C21H22N2O4S.K/c24-20(25)15-9-11-23(12-10-15)13-14-26-16-5-7-17(8-6-16)27-21-22-18-3-1-2-4-19(18)28-21;/h1-8,15H,9-14H2,(H,24,25);/q;+1/p-1. The fourth-order valence-electron chi connectivity index (χ4n) is 3.28. The number of carbonyl (C=O) groups excluding carboxylic acids is 1. The van der Waals surface area contributed by atoms with E-state index in [2.05, 4.69) is 9.88 Å². The molecule has 0 bridgehead atoms. The Balaban J connectivity index is 0.00000240. The van der Waals surface area contributed by atoms with Crippen molar-refractivity contribution in [2.75, 3.05) is 26.2 Å². The van der Waals surface area contributed by atoms with E-state index in [1.54, 1.807) is 0 Å². The number of nitrogens with zero attached hydrogens (tertiary/aromatic N) is 2. The van der Waals surface area contributed by atoms with E-state index in [0.29, 0.717) is 24.6 Å². The van der Waals surface area contributed by atoms with E-state index in [4.69, 9.17) is 9.47 Å². The minimum absolute atomic E-state index is 0. The molecular formula is C21H21KN2O4S. The zero-order valence-electron chi connectivity index (χ0n) is 16.4. The minimum Gasteiger partial charge on any atom is -0.550 e. The van der Waals surface area contributed by atoms with Gasteiger partial charge in [-0.25, -0.2) is 4.98 Å². The number of aromatic nitrogens is 1. The maximum Gasteiger partial charge on any atom is 1.00 e. The Hall–Kier alpha value is -1.00. The normalized spacial score (nSPS) is 15.0. The summed E-state index contributed by atoms with van der Waals surface area (Å²) >= 11 is 1.52. The van der Waals surface area contributed by atoms with Gasteiger partial charge in [-0.15, -0.1) is 0 Å². The molecule has 4 rings (SSSR count). The summed E-state index contributed by atoms with van der Waals surface area (Å²) in [5.74, 6) is 0.265. The van der Waals surface area contributed by atoms with Crippen LogP contribution >= 0.6 is 11.3 Å². The Morgan fingerprint density at radius 2 is 1.79 bits per heavy atom. The van der Waals surface area contributed by atoms with Crippen molar-refractivity contribution in [2.45, 2.75) is 12.8 Å². The van der Waals surface area contributed by atoms with Crippen LogP contribution in [0.3, 0.4) is 0 Å². The average molecular weight is 437 g/mol. The van der Waals surface area contributed by atoms with Crippen LogP contribution < -0.4 is 66.0 Å². The zero-order chi connectivity index (χ0) is 19.3. The van der Waals surface area contributed by atoms with E-state index in [9.17, 15) is 9.90 Å². The smallest absolute Gasteiger partial charge is 0.550 e. The number of benzene rings is 2. The van der Waals surface area contributed by atoms with Crippen molar-refractivity contribution in [3.05, 3.63) is 48.5 Å². The van der Waals surface area contributed by atoms with Gasteiger partial charge < -0.3 is 19.4 Å². The van der Waals surface area contributed by atoms with Gasteiger partial charge >= 0.3 is 51.4 Å². The molecule has 1 fully saturated rings. The van der Waals surface area contributed by atoms with Gasteiger partial charge in [-0.3, -0.25) is 4.90 Å². The first-order valence-corrected chi connectivity index (χ1v) is 10.2. The summed E-state index contributed by atoms with van der Waals surface area (Å²) in [6.45, 7) is 2.89. The number of fused-ring (bicyclic) bond motifs is 1. The summed E-state index contributed by atoms with van der Waals surface area (Å²) in [5.41, 5.74) is 0.936. The summed E-state index contributed by atoms with van der Waals surface area (Å²) in [5, 5.41) is 11.5. The van der Waals surface area contributed by atoms with E-state index >= 15 is 0 Å². The van der Waals surface area contributed by atoms with Gasteiger partial charge in [0.2, 0.25) is 0 Å². The molecule has 0 radical (unpaired) electrons. The van der Waals surface area contributed by atoms with Crippen LogP contribution in [0.25, 0.3) is 10.2 Å². The Labute approximate surface area is 216 Å². The minimum atomic E-state index is -0.927. The number of rotatable bonds is 7. The van der Waals surface area contributed by atoms with Crippen LogP contribution in [0.15, 0.2) is 48.5 Å². The molecule has 1 aliphatic rings. The molecule has 0 atom stereocenters. The molecule has 0 unspecified atom stereocenters. The van der Waals surface area contributed by atoms with E-state index < -0.39 is 5.97 Å². The second kappa shape index (κ2) is 10.9. The summed E-state index contributed by atoms with van der Waals surface area (Å²) in [6.07, 6.45) is 1.31. The van der Waals surface area contributed by atoms with Gasteiger partial charge in [0.15, 0.2) is 0 Å². The molecule has 0 aliphatic carbocycles. The molecule has 1 aromatic heterocycles. The van der Waals surface area contributed by atoms with Gasteiger partial charge in [0, 0.05) is 18.4 Å². The number of thiazole rings is 1. The van der Waals surface area contributed by atoms with Crippen molar-refractivity contribution in [3.63, 3.8) is 0 Å². The van der Waals surface area contributed by atoms with Crippen molar-refractivity contribution in [3.8, 4) is 16.7 Å². The third-order valence-electron chi connectivity index (χ3n) is 4.90. The second-order valence-corrected chi connectivity index (χ2v) is 7.80. The molecule has 0 spiro atoms.